The predicted molar refractivity (Wildman–Crippen MR) is 156 cm³/mol. The Balaban J connectivity index is 2.26. The normalized spacial score (nSPS) is 13.9. The molecule has 1 aromatic rings. The maximum atomic E-state index is 12.1. The summed E-state index contributed by atoms with van der Waals surface area (Å²) in [7, 11) is -0.446. The van der Waals surface area contributed by atoms with Gasteiger partial charge in [0.15, 0.2) is 0 Å². The van der Waals surface area contributed by atoms with Crippen LogP contribution < -0.4 is 4.74 Å². The van der Waals surface area contributed by atoms with Gasteiger partial charge in [0.05, 0.1) is 19.8 Å². The van der Waals surface area contributed by atoms with Crippen molar-refractivity contribution in [3.63, 3.8) is 0 Å². The van der Waals surface area contributed by atoms with Gasteiger partial charge in [0.2, 0.25) is 0 Å². The quantitative estimate of drug-likeness (QED) is 0.0982. The highest BCUT2D eigenvalue weighted by Crippen LogP contribution is 2.43. The zero-order chi connectivity index (χ0) is 28.1. The predicted octanol–water partition coefficient (Wildman–Crippen LogP) is 7.60. The molecule has 2 unspecified atom stereocenters. The molecule has 7 nitrogen and oxygen atoms in total. The molecule has 0 fully saturated rings. The summed E-state index contributed by atoms with van der Waals surface area (Å²) in [6.07, 6.45) is 16.7. The number of likely N-dealkylation sites (N-methyl/N-ethyl adjacent to an activating group) is 1. The van der Waals surface area contributed by atoms with Crippen LogP contribution in [0, 0.1) is 5.92 Å². The smallest absolute Gasteiger partial charge is 0.472 e. The van der Waals surface area contributed by atoms with Gasteiger partial charge in [0.25, 0.3) is 0 Å². The van der Waals surface area contributed by atoms with E-state index in [0.29, 0.717) is 13.0 Å². The summed E-state index contributed by atoms with van der Waals surface area (Å²) in [6, 6.07) is 7.86. The lowest BCUT2D eigenvalue weighted by atomic mass is 9.95. The summed E-state index contributed by atoms with van der Waals surface area (Å²) in [6.45, 7) is 5.09. The minimum atomic E-state index is -4.15. The fourth-order valence-electron chi connectivity index (χ4n) is 4.36. The number of carbonyl (C=O) groups is 1. The number of nitrogens with zero attached hydrogens (tertiary/aromatic N) is 1. The first-order chi connectivity index (χ1) is 18.2. The van der Waals surface area contributed by atoms with Gasteiger partial charge < -0.3 is 19.3 Å². The van der Waals surface area contributed by atoms with E-state index in [-0.39, 0.29) is 31.3 Å². The number of rotatable bonds is 25. The second-order valence-electron chi connectivity index (χ2n) is 10.8. The molecule has 0 saturated heterocycles. The Hall–Kier alpha value is -1.24. The summed E-state index contributed by atoms with van der Waals surface area (Å²) < 4.78 is 28.2. The number of hydrogen-bond acceptors (Lipinski definition) is 6. The number of phosphoric ester groups is 1. The second-order valence-corrected chi connectivity index (χ2v) is 12.2. The van der Waals surface area contributed by atoms with Crippen LogP contribution in [0.2, 0.25) is 0 Å². The molecule has 0 saturated carbocycles. The van der Waals surface area contributed by atoms with Crippen LogP contribution in [0.5, 0.6) is 5.75 Å². The first kappa shape index (κ1) is 34.8. The fraction of sp³-hybridized carbons (Fsp3) is 0.767. The molecule has 38 heavy (non-hydrogen) atoms. The highest BCUT2D eigenvalue weighted by Gasteiger charge is 2.24. The van der Waals surface area contributed by atoms with Gasteiger partial charge in [-0.05, 0) is 57.5 Å². The van der Waals surface area contributed by atoms with Gasteiger partial charge in [-0.15, -0.1) is 0 Å². The first-order valence-corrected chi connectivity index (χ1v) is 16.2. The Kier molecular flexibility index (Phi) is 19.7. The van der Waals surface area contributed by atoms with Crippen LogP contribution >= 0.6 is 7.82 Å². The van der Waals surface area contributed by atoms with Crippen molar-refractivity contribution in [1.29, 1.82) is 0 Å². The van der Waals surface area contributed by atoms with Crippen molar-refractivity contribution in [1.82, 2.24) is 4.90 Å². The van der Waals surface area contributed by atoms with Crippen LogP contribution in [-0.4, -0.2) is 56.0 Å². The molecule has 2 atom stereocenters. The zero-order valence-corrected chi connectivity index (χ0v) is 25.4. The van der Waals surface area contributed by atoms with E-state index < -0.39 is 7.82 Å². The third-order valence-electron chi connectivity index (χ3n) is 6.56. The van der Waals surface area contributed by atoms with Gasteiger partial charge in [-0.25, -0.2) is 4.57 Å². The highest BCUT2D eigenvalue weighted by atomic mass is 31.2. The van der Waals surface area contributed by atoms with Crippen molar-refractivity contribution >= 4 is 13.6 Å². The molecular weight excluding hydrogens is 501 g/mol. The van der Waals surface area contributed by atoms with E-state index in [1.165, 1.54) is 77.6 Å². The number of benzene rings is 1. The Labute approximate surface area is 232 Å². The highest BCUT2D eigenvalue weighted by molar-refractivity contribution is 7.47. The third kappa shape index (κ3) is 19.8. The number of unbranched alkanes of at least 4 members (excludes halogenated alkanes) is 11. The zero-order valence-electron chi connectivity index (χ0n) is 24.5. The van der Waals surface area contributed by atoms with E-state index >= 15 is 0 Å². The minimum Gasteiger partial charge on any atom is -0.494 e. The molecule has 0 spiro atoms. The van der Waals surface area contributed by atoms with Crippen molar-refractivity contribution in [3.8, 4) is 5.75 Å². The molecule has 1 rings (SSSR count). The van der Waals surface area contributed by atoms with Crippen LogP contribution in [0.15, 0.2) is 24.3 Å². The molecule has 8 heteroatoms. The molecule has 0 aromatic heterocycles. The van der Waals surface area contributed by atoms with Crippen LogP contribution in [0.3, 0.4) is 0 Å². The Morgan fingerprint density at radius 2 is 1.42 bits per heavy atom. The average molecular weight is 556 g/mol. The monoisotopic (exact) mass is 555 g/mol. The second kappa shape index (κ2) is 21.6. The van der Waals surface area contributed by atoms with E-state index in [1.54, 1.807) is 0 Å². The van der Waals surface area contributed by atoms with Gasteiger partial charge >= 0.3 is 7.82 Å². The maximum Gasteiger partial charge on any atom is 0.472 e. The van der Waals surface area contributed by atoms with Gasteiger partial charge in [-0.2, -0.15) is 0 Å². The van der Waals surface area contributed by atoms with Crippen molar-refractivity contribution in [2.75, 3.05) is 40.5 Å². The topological polar surface area (TPSA) is 85.3 Å². The summed E-state index contributed by atoms with van der Waals surface area (Å²) >= 11 is 0. The van der Waals surface area contributed by atoms with Crippen LogP contribution in [0.25, 0.3) is 0 Å². The summed E-state index contributed by atoms with van der Waals surface area (Å²) in [5, 5.41) is 0. The van der Waals surface area contributed by atoms with E-state index in [1.807, 2.05) is 43.3 Å². The SMILES string of the molecule is CCCCCCCCCCCCCCOc1ccc(CC(COP(=O)(O)OCCN(C)C)CC(C)=O)cc1. The Morgan fingerprint density at radius 3 is 1.95 bits per heavy atom. The summed E-state index contributed by atoms with van der Waals surface area (Å²) in [4.78, 5) is 23.5. The van der Waals surface area contributed by atoms with Gasteiger partial charge in [-0.3, -0.25) is 9.05 Å². The van der Waals surface area contributed by atoms with Crippen molar-refractivity contribution in [3.05, 3.63) is 29.8 Å². The number of carbonyl (C=O) groups excluding carboxylic acids is 1. The Bertz CT molecular complexity index is 771. The molecule has 0 radical (unpaired) electrons. The van der Waals surface area contributed by atoms with Crippen LogP contribution in [0.1, 0.15) is 103 Å². The molecule has 0 heterocycles. The molecule has 0 amide bonds. The molecular formula is C30H54NO6P. The number of ether oxygens (including phenoxy) is 1. The molecule has 1 aromatic carbocycles. The van der Waals surface area contributed by atoms with Gasteiger partial charge in [0.1, 0.15) is 11.5 Å². The average Bonchev–Trinajstić information content (AvgIpc) is 2.86. The van der Waals surface area contributed by atoms with Gasteiger partial charge in [0, 0.05) is 13.0 Å². The first-order valence-electron chi connectivity index (χ1n) is 14.7. The van der Waals surface area contributed by atoms with E-state index in [4.69, 9.17) is 13.8 Å². The maximum absolute atomic E-state index is 12.1. The largest absolute Gasteiger partial charge is 0.494 e. The molecule has 0 bridgehead atoms. The number of Topliss-reactive ketones (excluding diaryl/α,β-unsaturated/α-hetero) is 1. The fourth-order valence-corrected chi connectivity index (χ4v) is 5.15. The van der Waals surface area contributed by atoms with Gasteiger partial charge in [-0.1, -0.05) is 89.7 Å². The number of hydrogen-bond donors (Lipinski definition) is 1. The lowest BCUT2D eigenvalue weighted by Gasteiger charge is -2.19. The molecule has 0 aliphatic rings. The van der Waals surface area contributed by atoms with E-state index in [0.717, 1.165) is 24.3 Å². The summed E-state index contributed by atoms with van der Waals surface area (Å²) in [5.41, 5.74) is 1.03. The van der Waals surface area contributed by atoms with Crippen LogP contribution in [-0.2, 0) is 24.8 Å². The Morgan fingerprint density at radius 1 is 0.868 bits per heavy atom. The molecule has 220 valence electrons. The number of phosphoric acid groups is 1. The van der Waals surface area contributed by atoms with E-state index in [2.05, 4.69) is 6.92 Å². The molecule has 0 aliphatic carbocycles. The standard InChI is InChI=1S/C30H54NO6P/c1-5-6-7-8-9-10-11-12-13-14-15-16-22-35-30-19-17-28(18-20-30)25-29(24-27(2)32)26-37-38(33,34)36-23-21-31(3)4/h17-20,29H,5-16,21-26H2,1-4H3,(H,33,34). The van der Waals surface area contributed by atoms with E-state index in [9.17, 15) is 14.3 Å². The third-order valence-corrected chi connectivity index (χ3v) is 7.54. The number of ketones is 1. The molecule has 0 aliphatic heterocycles. The van der Waals surface area contributed by atoms with Crippen molar-refractivity contribution in [2.45, 2.75) is 104 Å². The van der Waals surface area contributed by atoms with Crippen LogP contribution in [0.4, 0.5) is 0 Å². The van der Waals surface area contributed by atoms with Crippen molar-refractivity contribution in [2.24, 2.45) is 5.92 Å². The molecule has 1 N–H and O–H groups in total. The lowest BCUT2D eigenvalue weighted by molar-refractivity contribution is -0.118. The lowest BCUT2D eigenvalue weighted by Crippen LogP contribution is -2.19. The minimum absolute atomic E-state index is 0.0160. The summed E-state index contributed by atoms with van der Waals surface area (Å²) in [5.74, 6) is 0.644. The van der Waals surface area contributed by atoms with Crippen molar-refractivity contribution < 1.29 is 28.0 Å².